The molecular formula is C22H22N2O2. The Labute approximate surface area is 153 Å². The minimum Gasteiger partial charge on any atom is -0.497 e. The summed E-state index contributed by atoms with van der Waals surface area (Å²) in [7, 11) is 1.63. The molecule has 3 aromatic rings. The number of hydrogen-bond acceptors (Lipinski definition) is 3. The Morgan fingerprint density at radius 3 is 2.54 bits per heavy atom. The van der Waals surface area contributed by atoms with Gasteiger partial charge < -0.3 is 10.1 Å². The summed E-state index contributed by atoms with van der Waals surface area (Å²) < 4.78 is 5.32. The maximum absolute atomic E-state index is 12.6. The molecule has 0 aliphatic heterocycles. The zero-order valence-corrected chi connectivity index (χ0v) is 15.0. The number of hydrogen-bond donors (Lipinski definition) is 1. The van der Waals surface area contributed by atoms with Gasteiger partial charge in [-0.2, -0.15) is 0 Å². The van der Waals surface area contributed by atoms with Crippen LogP contribution in [-0.4, -0.2) is 18.0 Å². The minimum atomic E-state index is -0.281. The van der Waals surface area contributed by atoms with Crippen LogP contribution in [0.3, 0.4) is 0 Å². The van der Waals surface area contributed by atoms with E-state index in [1.54, 1.807) is 19.5 Å². The zero-order valence-electron chi connectivity index (χ0n) is 15.0. The number of nitrogens with zero attached hydrogens (tertiary/aromatic N) is 1. The molecular weight excluding hydrogens is 324 g/mol. The number of amides is 1. The molecule has 0 aliphatic rings. The van der Waals surface area contributed by atoms with E-state index in [9.17, 15) is 4.79 Å². The van der Waals surface area contributed by atoms with Crippen molar-refractivity contribution in [2.45, 2.75) is 19.4 Å². The number of aromatic nitrogens is 1. The summed E-state index contributed by atoms with van der Waals surface area (Å²) in [6, 6.07) is 19.3. The molecule has 1 atom stereocenters. The largest absolute Gasteiger partial charge is 0.497 e. The Morgan fingerprint density at radius 2 is 1.85 bits per heavy atom. The molecule has 2 aromatic carbocycles. The van der Waals surface area contributed by atoms with Gasteiger partial charge in [-0.05, 0) is 41.8 Å². The second kappa shape index (κ2) is 8.30. The van der Waals surface area contributed by atoms with E-state index in [0.29, 0.717) is 6.42 Å². The lowest BCUT2D eigenvalue weighted by atomic mass is 9.99. The lowest BCUT2D eigenvalue weighted by molar-refractivity contribution is -0.120. The molecule has 0 saturated carbocycles. The molecule has 26 heavy (non-hydrogen) atoms. The van der Waals surface area contributed by atoms with Crippen LogP contribution < -0.4 is 10.1 Å². The highest BCUT2D eigenvalue weighted by Crippen LogP contribution is 2.25. The maximum atomic E-state index is 12.6. The molecule has 0 aliphatic carbocycles. The number of aryl methyl sites for hydroxylation is 1. The molecule has 0 fully saturated rings. The van der Waals surface area contributed by atoms with Crippen LogP contribution in [0.2, 0.25) is 0 Å². The van der Waals surface area contributed by atoms with Gasteiger partial charge in [-0.15, -0.1) is 0 Å². The van der Waals surface area contributed by atoms with Crippen molar-refractivity contribution in [1.82, 2.24) is 10.3 Å². The van der Waals surface area contributed by atoms with Crippen molar-refractivity contribution in [3.05, 3.63) is 95.3 Å². The highest BCUT2D eigenvalue weighted by Gasteiger charge is 2.18. The first kappa shape index (κ1) is 17.7. The molecule has 132 valence electrons. The van der Waals surface area contributed by atoms with E-state index in [1.165, 1.54) is 5.56 Å². The van der Waals surface area contributed by atoms with Crippen LogP contribution in [-0.2, 0) is 11.2 Å². The fourth-order valence-corrected chi connectivity index (χ4v) is 2.83. The summed E-state index contributed by atoms with van der Waals surface area (Å²) in [5.74, 6) is 0.717. The lowest BCUT2D eigenvalue weighted by Gasteiger charge is -2.20. The van der Waals surface area contributed by atoms with Crippen molar-refractivity contribution < 1.29 is 9.53 Å². The number of carbonyl (C=O) groups is 1. The standard InChI is InChI=1S/C22H22N2O2/c1-16-8-10-17(11-9-16)13-21(25)24-22(19-6-4-12-23-15-19)18-5-3-7-20(14-18)26-2/h3-12,14-15,22H,13H2,1-2H3,(H,24,25)/t22-/m1/s1. The molecule has 0 unspecified atom stereocenters. The van der Waals surface area contributed by atoms with Crippen LogP contribution in [0, 0.1) is 6.92 Å². The van der Waals surface area contributed by atoms with Crippen LogP contribution >= 0.6 is 0 Å². The quantitative estimate of drug-likeness (QED) is 0.738. The third-order valence-electron chi connectivity index (χ3n) is 4.24. The fraction of sp³-hybridized carbons (Fsp3) is 0.182. The van der Waals surface area contributed by atoms with E-state index in [2.05, 4.69) is 10.3 Å². The van der Waals surface area contributed by atoms with Gasteiger partial charge >= 0.3 is 0 Å². The van der Waals surface area contributed by atoms with E-state index in [4.69, 9.17) is 4.74 Å². The Balaban J connectivity index is 1.83. The van der Waals surface area contributed by atoms with Crippen LogP contribution in [0.5, 0.6) is 5.75 Å². The number of methoxy groups -OCH3 is 1. The number of ether oxygens (including phenoxy) is 1. The summed E-state index contributed by atoms with van der Waals surface area (Å²) in [6.07, 6.45) is 3.83. The van der Waals surface area contributed by atoms with Crippen molar-refractivity contribution in [3.63, 3.8) is 0 Å². The molecule has 0 saturated heterocycles. The Morgan fingerprint density at radius 1 is 1.08 bits per heavy atom. The number of nitrogens with one attached hydrogen (secondary N) is 1. The third-order valence-corrected chi connectivity index (χ3v) is 4.24. The van der Waals surface area contributed by atoms with Crippen molar-refractivity contribution in [2.24, 2.45) is 0 Å². The van der Waals surface area contributed by atoms with E-state index >= 15 is 0 Å². The number of benzene rings is 2. The Hall–Kier alpha value is -3.14. The predicted molar refractivity (Wildman–Crippen MR) is 102 cm³/mol. The van der Waals surface area contributed by atoms with Crippen LogP contribution in [0.25, 0.3) is 0 Å². The average molecular weight is 346 g/mol. The van der Waals surface area contributed by atoms with Gasteiger partial charge in [0, 0.05) is 12.4 Å². The molecule has 4 nitrogen and oxygen atoms in total. The summed E-state index contributed by atoms with van der Waals surface area (Å²) in [5.41, 5.74) is 4.05. The Bertz CT molecular complexity index is 861. The van der Waals surface area contributed by atoms with Gasteiger partial charge in [0.25, 0.3) is 0 Å². The average Bonchev–Trinajstić information content (AvgIpc) is 2.68. The SMILES string of the molecule is COc1cccc([C@@H](NC(=O)Cc2ccc(C)cc2)c2cccnc2)c1. The topological polar surface area (TPSA) is 51.2 Å². The Kier molecular flexibility index (Phi) is 5.64. The second-order valence-electron chi connectivity index (χ2n) is 6.23. The van der Waals surface area contributed by atoms with Crippen molar-refractivity contribution in [3.8, 4) is 5.75 Å². The van der Waals surface area contributed by atoms with Gasteiger partial charge in [0.1, 0.15) is 5.75 Å². The van der Waals surface area contributed by atoms with Crippen molar-refractivity contribution >= 4 is 5.91 Å². The van der Waals surface area contributed by atoms with E-state index in [0.717, 1.165) is 22.4 Å². The van der Waals surface area contributed by atoms with Crippen LogP contribution in [0.4, 0.5) is 0 Å². The summed E-state index contributed by atoms with van der Waals surface area (Å²) >= 11 is 0. The number of carbonyl (C=O) groups excluding carboxylic acids is 1. The van der Waals surface area contributed by atoms with Gasteiger partial charge in [-0.1, -0.05) is 48.0 Å². The molecule has 3 rings (SSSR count). The summed E-state index contributed by atoms with van der Waals surface area (Å²) in [5, 5.41) is 3.13. The zero-order chi connectivity index (χ0) is 18.4. The van der Waals surface area contributed by atoms with Crippen molar-refractivity contribution in [2.75, 3.05) is 7.11 Å². The normalized spacial score (nSPS) is 11.6. The van der Waals surface area contributed by atoms with Gasteiger partial charge in [-0.3, -0.25) is 9.78 Å². The predicted octanol–water partition coefficient (Wildman–Crippen LogP) is 3.85. The van der Waals surface area contributed by atoms with E-state index in [-0.39, 0.29) is 11.9 Å². The smallest absolute Gasteiger partial charge is 0.225 e. The summed E-state index contributed by atoms with van der Waals surface area (Å²) in [4.78, 5) is 16.8. The highest BCUT2D eigenvalue weighted by molar-refractivity contribution is 5.79. The highest BCUT2D eigenvalue weighted by atomic mass is 16.5. The van der Waals surface area contributed by atoms with Gasteiger partial charge in [0.2, 0.25) is 5.91 Å². The molecule has 1 N–H and O–H groups in total. The van der Waals surface area contributed by atoms with Crippen molar-refractivity contribution in [1.29, 1.82) is 0 Å². The monoisotopic (exact) mass is 346 g/mol. The van der Waals surface area contributed by atoms with E-state index < -0.39 is 0 Å². The first-order valence-electron chi connectivity index (χ1n) is 8.54. The van der Waals surface area contributed by atoms with Crippen LogP contribution in [0.1, 0.15) is 28.3 Å². The number of pyridine rings is 1. The van der Waals surface area contributed by atoms with Crippen LogP contribution in [0.15, 0.2) is 73.1 Å². The first-order chi connectivity index (χ1) is 12.7. The molecule has 0 spiro atoms. The van der Waals surface area contributed by atoms with E-state index in [1.807, 2.05) is 67.6 Å². The van der Waals surface area contributed by atoms with Gasteiger partial charge in [0.15, 0.2) is 0 Å². The molecule has 1 heterocycles. The molecule has 0 bridgehead atoms. The van der Waals surface area contributed by atoms with Gasteiger partial charge in [0.05, 0.1) is 19.6 Å². The minimum absolute atomic E-state index is 0.0365. The molecule has 1 aromatic heterocycles. The molecule has 1 amide bonds. The van der Waals surface area contributed by atoms with Gasteiger partial charge in [-0.25, -0.2) is 0 Å². The third kappa shape index (κ3) is 4.48. The summed E-state index contributed by atoms with van der Waals surface area (Å²) in [6.45, 7) is 2.03. The number of rotatable bonds is 6. The fourth-order valence-electron chi connectivity index (χ4n) is 2.83. The first-order valence-corrected chi connectivity index (χ1v) is 8.54. The maximum Gasteiger partial charge on any atom is 0.225 e. The molecule has 4 heteroatoms. The second-order valence-corrected chi connectivity index (χ2v) is 6.23. The lowest BCUT2D eigenvalue weighted by Crippen LogP contribution is -2.30. The molecule has 0 radical (unpaired) electrons.